The van der Waals surface area contributed by atoms with Gasteiger partial charge in [0.1, 0.15) is 13.2 Å². The van der Waals surface area contributed by atoms with Crippen molar-refractivity contribution in [1.29, 1.82) is 0 Å². The van der Waals surface area contributed by atoms with Crippen molar-refractivity contribution in [1.82, 2.24) is 10.2 Å². The van der Waals surface area contributed by atoms with Gasteiger partial charge in [0, 0.05) is 31.5 Å². The normalized spacial score (nSPS) is 16.1. The van der Waals surface area contributed by atoms with Gasteiger partial charge >= 0.3 is 12.1 Å². The SMILES string of the molecule is CC(C)(C)C(CC(=O)N1CC(OCC(=O)O)C1)NC(=O)OCC1c2ccccc2-c2ccccc21. The molecule has 0 spiro atoms. The fourth-order valence-corrected chi connectivity index (χ4v) is 4.60. The van der Waals surface area contributed by atoms with Crippen LogP contribution in [-0.2, 0) is 19.1 Å². The molecule has 0 aromatic heterocycles. The molecule has 186 valence electrons. The van der Waals surface area contributed by atoms with Gasteiger partial charge < -0.3 is 24.8 Å². The summed E-state index contributed by atoms with van der Waals surface area (Å²) in [6.07, 6.45) is -0.691. The molecule has 0 radical (unpaired) electrons. The largest absolute Gasteiger partial charge is 0.480 e. The van der Waals surface area contributed by atoms with E-state index in [0.717, 1.165) is 22.3 Å². The first-order valence-corrected chi connectivity index (χ1v) is 11.9. The van der Waals surface area contributed by atoms with Crippen LogP contribution >= 0.6 is 0 Å². The minimum absolute atomic E-state index is 0.0355. The first-order valence-electron chi connectivity index (χ1n) is 11.9. The van der Waals surface area contributed by atoms with Crippen molar-refractivity contribution < 1.29 is 29.0 Å². The lowest BCUT2D eigenvalue weighted by atomic mass is 9.84. The van der Waals surface area contributed by atoms with E-state index >= 15 is 0 Å². The average Bonchev–Trinajstić information content (AvgIpc) is 3.09. The van der Waals surface area contributed by atoms with E-state index in [1.807, 2.05) is 45.0 Å². The summed E-state index contributed by atoms with van der Waals surface area (Å²) in [5.74, 6) is -1.18. The Kier molecular flexibility index (Phi) is 7.12. The lowest BCUT2D eigenvalue weighted by Crippen LogP contribution is -2.57. The van der Waals surface area contributed by atoms with Crippen molar-refractivity contribution in [2.75, 3.05) is 26.3 Å². The Morgan fingerprint density at radius 3 is 2.14 bits per heavy atom. The van der Waals surface area contributed by atoms with E-state index in [9.17, 15) is 14.4 Å². The topological polar surface area (TPSA) is 105 Å². The van der Waals surface area contributed by atoms with Crippen LogP contribution in [0.1, 0.15) is 44.2 Å². The van der Waals surface area contributed by atoms with Crippen LogP contribution in [-0.4, -0.2) is 66.4 Å². The number of alkyl carbamates (subject to hydrolysis) is 1. The Balaban J connectivity index is 1.33. The molecular formula is C27H32N2O6. The first-order chi connectivity index (χ1) is 16.6. The van der Waals surface area contributed by atoms with Crippen molar-refractivity contribution >= 4 is 18.0 Å². The van der Waals surface area contributed by atoms with Crippen molar-refractivity contribution in [3.05, 3.63) is 59.7 Å². The number of amides is 2. The fraction of sp³-hybridized carbons (Fsp3) is 0.444. The molecule has 1 aliphatic heterocycles. The number of hydrogen-bond acceptors (Lipinski definition) is 5. The summed E-state index contributed by atoms with van der Waals surface area (Å²) >= 11 is 0. The van der Waals surface area contributed by atoms with Crippen molar-refractivity contribution in [2.45, 2.75) is 45.3 Å². The standard InChI is InChI=1S/C27H32N2O6/c1-27(2,3)23(12-24(30)29-13-17(14-29)34-16-25(31)32)28-26(33)35-15-22-20-10-6-4-8-18(20)19-9-5-7-11-21(19)22/h4-11,17,22-23H,12-16H2,1-3H3,(H,28,33)(H,31,32). The molecule has 8 nitrogen and oxygen atoms in total. The van der Waals surface area contributed by atoms with Gasteiger partial charge in [-0.3, -0.25) is 4.79 Å². The molecule has 2 amide bonds. The molecule has 1 heterocycles. The van der Waals surface area contributed by atoms with Crippen LogP contribution in [0.4, 0.5) is 4.79 Å². The van der Waals surface area contributed by atoms with Crippen LogP contribution in [0.15, 0.2) is 48.5 Å². The Labute approximate surface area is 205 Å². The number of carbonyl (C=O) groups excluding carboxylic acids is 2. The van der Waals surface area contributed by atoms with E-state index in [-0.39, 0.29) is 43.0 Å². The predicted molar refractivity (Wildman–Crippen MR) is 130 cm³/mol. The van der Waals surface area contributed by atoms with E-state index in [0.29, 0.717) is 13.1 Å². The Hall–Kier alpha value is -3.39. The monoisotopic (exact) mass is 480 g/mol. The summed E-state index contributed by atoms with van der Waals surface area (Å²) in [7, 11) is 0. The Morgan fingerprint density at radius 2 is 1.60 bits per heavy atom. The molecule has 0 bridgehead atoms. The van der Waals surface area contributed by atoms with Crippen LogP contribution in [0.3, 0.4) is 0 Å². The van der Waals surface area contributed by atoms with E-state index in [1.165, 1.54) is 0 Å². The highest BCUT2D eigenvalue weighted by molar-refractivity contribution is 5.80. The molecule has 1 unspecified atom stereocenters. The first kappa shape index (κ1) is 24.7. The number of likely N-dealkylation sites (tertiary alicyclic amines) is 1. The van der Waals surface area contributed by atoms with E-state index in [2.05, 4.69) is 29.6 Å². The van der Waals surface area contributed by atoms with Crippen LogP contribution in [0.25, 0.3) is 11.1 Å². The van der Waals surface area contributed by atoms with Crippen LogP contribution in [0, 0.1) is 5.41 Å². The van der Waals surface area contributed by atoms with Crippen LogP contribution in [0.5, 0.6) is 0 Å². The zero-order valence-corrected chi connectivity index (χ0v) is 20.3. The van der Waals surface area contributed by atoms with Gasteiger partial charge in [0.2, 0.25) is 5.91 Å². The second-order valence-corrected chi connectivity index (χ2v) is 10.2. The lowest BCUT2D eigenvalue weighted by molar-refractivity contribution is -0.154. The molecule has 8 heteroatoms. The summed E-state index contributed by atoms with van der Waals surface area (Å²) < 4.78 is 10.9. The Morgan fingerprint density at radius 1 is 1.03 bits per heavy atom. The molecule has 1 aliphatic carbocycles. The maximum atomic E-state index is 12.8. The highest BCUT2D eigenvalue weighted by Crippen LogP contribution is 2.44. The zero-order chi connectivity index (χ0) is 25.2. The highest BCUT2D eigenvalue weighted by atomic mass is 16.5. The molecule has 0 saturated carbocycles. The van der Waals surface area contributed by atoms with Crippen LogP contribution in [0.2, 0.25) is 0 Å². The van der Waals surface area contributed by atoms with E-state index in [1.54, 1.807) is 4.90 Å². The number of carboxylic acids is 1. The molecule has 2 aromatic carbocycles. The van der Waals surface area contributed by atoms with Crippen LogP contribution < -0.4 is 5.32 Å². The maximum Gasteiger partial charge on any atom is 0.407 e. The number of carboxylic acid groups (broad SMARTS) is 1. The second kappa shape index (κ2) is 10.1. The number of benzene rings is 2. The summed E-state index contributed by atoms with van der Waals surface area (Å²) in [5, 5.41) is 11.6. The third-order valence-corrected chi connectivity index (χ3v) is 6.70. The molecule has 1 atom stereocenters. The average molecular weight is 481 g/mol. The number of nitrogens with one attached hydrogen (secondary N) is 1. The number of carbonyl (C=O) groups is 3. The number of aliphatic carboxylic acids is 1. The Bertz CT molecular complexity index is 1060. The van der Waals surface area contributed by atoms with Crippen molar-refractivity contribution in [3.63, 3.8) is 0 Å². The van der Waals surface area contributed by atoms with Gasteiger partial charge in [-0.15, -0.1) is 0 Å². The van der Waals surface area contributed by atoms with E-state index in [4.69, 9.17) is 14.6 Å². The summed E-state index contributed by atoms with van der Waals surface area (Å²) in [4.78, 5) is 37.8. The minimum Gasteiger partial charge on any atom is -0.480 e. The summed E-state index contributed by atoms with van der Waals surface area (Å²) in [5.41, 5.74) is 4.24. The quantitative estimate of drug-likeness (QED) is 0.598. The third kappa shape index (κ3) is 5.65. The number of nitrogens with zero attached hydrogens (tertiary/aromatic N) is 1. The number of hydrogen-bond donors (Lipinski definition) is 2. The third-order valence-electron chi connectivity index (χ3n) is 6.70. The molecular weight excluding hydrogens is 448 g/mol. The van der Waals surface area contributed by atoms with Gasteiger partial charge in [-0.05, 0) is 27.7 Å². The smallest absolute Gasteiger partial charge is 0.407 e. The van der Waals surface area contributed by atoms with Gasteiger partial charge in [0.15, 0.2) is 0 Å². The van der Waals surface area contributed by atoms with Gasteiger partial charge in [0.25, 0.3) is 0 Å². The fourth-order valence-electron chi connectivity index (χ4n) is 4.60. The predicted octanol–water partition coefficient (Wildman–Crippen LogP) is 3.64. The number of ether oxygens (including phenoxy) is 2. The van der Waals surface area contributed by atoms with Gasteiger partial charge in [-0.25, -0.2) is 9.59 Å². The van der Waals surface area contributed by atoms with Gasteiger partial charge in [0.05, 0.1) is 6.10 Å². The number of fused-ring (bicyclic) bond motifs is 3. The second-order valence-electron chi connectivity index (χ2n) is 10.2. The summed E-state index contributed by atoms with van der Waals surface area (Å²) in [6, 6.07) is 15.9. The van der Waals surface area contributed by atoms with Crippen molar-refractivity contribution in [3.8, 4) is 11.1 Å². The zero-order valence-electron chi connectivity index (χ0n) is 20.3. The molecule has 35 heavy (non-hydrogen) atoms. The minimum atomic E-state index is -1.03. The van der Waals surface area contributed by atoms with Gasteiger partial charge in [-0.1, -0.05) is 69.3 Å². The molecule has 2 aliphatic rings. The van der Waals surface area contributed by atoms with E-state index < -0.39 is 18.1 Å². The van der Waals surface area contributed by atoms with Gasteiger partial charge in [-0.2, -0.15) is 0 Å². The lowest BCUT2D eigenvalue weighted by Gasteiger charge is -2.40. The summed E-state index contributed by atoms with van der Waals surface area (Å²) in [6.45, 7) is 6.43. The molecule has 4 rings (SSSR count). The number of rotatable bonds is 8. The maximum absolute atomic E-state index is 12.8. The molecule has 1 fully saturated rings. The molecule has 2 N–H and O–H groups in total. The van der Waals surface area contributed by atoms with Crippen molar-refractivity contribution in [2.24, 2.45) is 5.41 Å². The highest BCUT2D eigenvalue weighted by Gasteiger charge is 2.36. The molecule has 2 aromatic rings. The molecule has 1 saturated heterocycles.